The number of amides is 2. The molecule has 1 unspecified atom stereocenters. The summed E-state index contributed by atoms with van der Waals surface area (Å²) in [4.78, 5) is 32.3. The van der Waals surface area contributed by atoms with Crippen LogP contribution in [0.3, 0.4) is 0 Å². The molecule has 4 aromatic rings. The lowest BCUT2D eigenvalue weighted by Crippen LogP contribution is -2.41. The Bertz CT molecular complexity index is 1130. The van der Waals surface area contributed by atoms with E-state index >= 15 is 0 Å². The average molecular weight is 416 g/mol. The average Bonchev–Trinajstić information content (AvgIpc) is 3.20. The first-order valence-electron chi connectivity index (χ1n) is 9.62. The number of thiazole rings is 1. The summed E-state index contributed by atoms with van der Waals surface area (Å²) in [6, 6.07) is 25.3. The number of rotatable bonds is 6. The van der Waals surface area contributed by atoms with E-state index in [0.717, 1.165) is 20.8 Å². The van der Waals surface area contributed by atoms with Crippen molar-refractivity contribution in [3.63, 3.8) is 0 Å². The van der Waals surface area contributed by atoms with Gasteiger partial charge >= 0.3 is 0 Å². The third-order valence-corrected chi connectivity index (χ3v) is 5.80. The Labute approximate surface area is 179 Å². The molecule has 2 amide bonds. The second kappa shape index (κ2) is 8.88. The highest BCUT2D eigenvalue weighted by Crippen LogP contribution is 2.24. The van der Waals surface area contributed by atoms with Crippen LogP contribution in [0.1, 0.15) is 27.0 Å². The number of hydrogen-bond acceptors (Lipinski definition) is 4. The zero-order valence-electron chi connectivity index (χ0n) is 16.5. The summed E-state index contributed by atoms with van der Waals surface area (Å²) in [7, 11) is 1.74. The molecule has 0 aliphatic heterocycles. The first-order chi connectivity index (χ1) is 14.6. The zero-order chi connectivity index (χ0) is 20.9. The van der Waals surface area contributed by atoms with Gasteiger partial charge in [-0.05, 0) is 29.8 Å². The van der Waals surface area contributed by atoms with Crippen LogP contribution in [-0.2, 0) is 11.3 Å². The van der Waals surface area contributed by atoms with Crippen LogP contribution in [0, 0.1) is 0 Å². The molecule has 5 nitrogen and oxygen atoms in total. The molecule has 30 heavy (non-hydrogen) atoms. The van der Waals surface area contributed by atoms with E-state index in [0.29, 0.717) is 12.1 Å². The Morgan fingerprint density at radius 1 is 0.933 bits per heavy atom. The smallest absolute Gasteiger partial charge is 0.252 e. The molecule has 0 saturated carbocycles. The van der Waals surface area contributed by atoms with E-state index in [-0.39, 0.29) is 11.8 Å². The summed E-state index contributed by atoms with van der Waals surface area (Å²) in [5.74, 6) is -0.476. The second-order valence-electron chi connectivity index (χ2n) is 6.95. The highest BCUT2D eigenvalue weighted by molar-refractivity contribution is 7.18. The van der Waals surface area contributed by atoms with Gasteiger partial charge in [0, 0.05) is 12.6 Å². The summed E-state index contributed by atoms with van der Waals surface area (Å²) in [5, 5.41) is 3.75. The van der Waals surface area contributed by atoms with Gasteiger partial charge in [0.15, 0.2) is 0 Å². The minimum Gasteiger partial charge on any atom is -0.337 e. The molecule has 150 valence electrons. The fourth-order valence-electron chi connectivity index (χ4n) is 3.23. The number of aromatic nitrogens is 1. The maximum atomic E-state index is 13.3. The second-order valence-corrected chi connectivity index (χ2v) is 8.07. The first kappa shape index (κ1) is 19.8. The van der Waals surface area contributed by atoms with Crippen LogP contribution in [0.15, 0.2) is 84.9 Å². The number of fused-ring (bicyclic) bond motifs is 1. The topological polar surface area (TPSA) is 62.3 Å². The van der Waals surface area contributed by atoms with Crippen LogP contribution in [-0.4, -0.2) is 28.7 Å². The first-order valence-corrected chi connectivity index (χ1v) is 10.4. The van der Waals surface area contributed by atoms with Crippen molar-refractivity contribution in [1.82, 2.24) is 15.2 Å². The lowest BCUT2D eigenvalue weighted by atomic mass is 10.0. The number of nitrogens with one attached hydrogen (secondary N) is 1. The third-order valence-electron chi connectivity index (χ3n) is 4.78. The van der Waals surface area contributed by atoms with Crippen molar-refractivity contribution < 1.29 is 9.59 Å². The van der Waals surface area contributed by atoms with Crippen molar-refractivity contribution in [2.75, 3.05) is 7.05 Å². The Kier molecular flexibility index (Phi) is 5.86. The molecule has 4 rings (SSSR count). The van der Waals surface area contributed by atoms with Gasteiger partial charge in [0.05, 0.1) is 16.8 Å². The van der Waals surface area contributed by atoms with Gasteiger partial charge in [-0.2, -0.15) is 0 Å². The molecule has 1 N–H and O–H groups in total. The summed E-state index contributed by atoms with van der Waals surface area (Å²) in [6.45, 7) is 0.378. The molecule has 1 atom stereocenters. The molecule has 0 fully saturated rings. The lowest BCUT2D eigenvalue weighted by molar-refractivity contribution is -0.132. The quantitative estimate of drug-likeness (QED) is 0.507. The summed E-state index contributed by atoms with van der Waals surface area (Å²) < 4.78 is 1.09. The molecule has 1 aromatic heterocycles. The van der Waals surface area contributed by atoms with Gasteiger partial charge in [-0.1, -0.05) is 60.7 Å². The Balaban J connectivity index is 1.56. The van der Waals surface area contributed by atoms with Gasteiger partial charge in [-0.25, -0.2) is 4.98 Å². The number of hydrogen-bond donors (Lipinski definition) is 1. The minimum atomic E-state index is -0.779. The van der Waals surface area contributed by atoms with Crippen molar-refractivity contribution in [1.29, 1.82) is 0 Å². The van der Waals surface area contributed by atoms with Crippen molar-refractivity contribution in [2.45, 2.75) is 12.6 Å². The van der Waals surface area contributed by atoms with Crippen LogP contribution in [0.5, 0.6) is 0 Å². The van der Waals surface area contributed by atoms with E-state index < -0.39 is 6.04 Å². The molecule has 0 bridgehead atoms. The molecule has 6 heteroatoms. The number of carbonyl (C=O) groups excluding carboxylic acids is 2. The van der Waals surface area contributed by atoms with Crippen molar-refractivity contribution in [2.24, 2.45) is 0 Å². The number of para-hydroxylation sites is 1. The van der Waals surface area contributed by atoms with E-state index in [1.54, 1.807) is 47.5 Å². The molecule has 0 saturated heterocycles. The molecule has 1 heterocycles. The van der Waals surface area contributed by atoms with Crippen molar-refractivity contribution >= 4 is 33.4 Å². The van der Waals surface area contributed by atoms with Crippen LogP contribution >= 0.6 is 11.3 Å². The number of carbonyl (C=O) groups is 2. The van der Waals surface area contributed by atoms with E-state index in [2.05, 4.69) is 10.3 Å². The molecular weight excluding hydrogens is 394 g/mol. The van der Waals surface area contributed by atoms with E-state index in [4.69, 9.17) is 0 Å². The van der Waals surface area contributed by atoms with Gasteiger partial charge in [-0.3, -0.25) is 9.59 Å². The van der Waals surface area contributed by atoms with E-state index in [1.807, 2.05) is 60.7 Å². The van der Waals surface area contributed by atoms with Gasteiger partial charge in [0.1, 0.15) is 11.0 Å². The maximum Gasteiger partial charge on any atom is 0.252 e. The van der Waals surface area contributed by atoms with Gasteiger partial charge in [0.2, 0.25) is 5.91 Å². The highest BCUT2D eigenvalue weighted by Gasteiger charge is 2.26. The number of benzene rings is 3. The predicted octanol–water partition coefficient (Wildman–Crippen LogP) is 4.43. The lowest BCUT2D eigenvalue weighted by Gasteiger charge is -2.24. The van der Waals surface area contributed by atoms with Crippen LogP contribution in [0.25, 0.3) is 10.2 Å². The van der Waals surface area contributed by atoms with E-state index in [1.165, 1.54) is 0 Å². The van der Waals surface area contributed by atoms with Crippen LogP contribution in [0.2, 0.25) is 0 Å². The maximum absolute atomic E-state index is 13.3. The molecular formula is C24H21N3O2S. The normalized spacial score (nSPS) is 11.8. The molecule has 0 spiro atoms. The summed E-state index contributed by atoms with van der Waals surface area (Å²) in [6.07, 6.45) is 0. The molecule has 0 aliphatic rings. The highest BCUT2D eigenvalue weighted by atomic mass is 32.1. The van der Waals surface area contributed by atoms with Gasteiger partial charge < -0.3 is 10.2 Å². The van der Waals surface area contributed by atoms with Gasteiger partial charge in [-0.15, -0.1) is 11.3 Å². The summed E-state index contributed by atoms with van der Waals surface area (Å²) in [5.41, 5.74) is 2.18. The Morgan fingerprint density at radius 3 is 2.27 bits per heavy atom. The van der Waals surface area contributed by atoms with Crippen LogP contribution in [0.4, 0.5) is 0 Å². The van der Waals surface area contributed by atoms with Crippen LogP contribution < -0.4 is 5.32 Å². The standard InChI is InChI=1S/C24H21N3O2S/c1-27(16-21-25-19-14-8-9-15-20(19)30-21)24(29)22(17-10-4-2-5-11-17)26-23(28)18-12-6-3-7-13-18/h2-15,22H,16H2,1H3,(H,26,28). The fraction of sp³-hybridized carbons (Fsp3) is 0.125. The summed E-state index contributed by atoms with van der Waals surface area (Å²) >= 11 is 1.57. The zero-order valence-corrected chi connectivity index (χ0v) is 17.3. The number of nitrogens with zero attached hydrogens (tertiary/aromatic N) is 2. The molecule has 0 radical (unpaired) electrons. The Hall–Kier alpha value is -3.51. The predicted molar refractivity (Wildman–Crippen MR) is 119 cm³/mol. The van der Waals surface area contributed by atoms with Gasteiger partial charge in [0.25, 0.3) is 5.91 Å². The van der Waals surface area contributed by atoms with E-state index in [9.17, 15) is 9.59 Å². The third kappa shape index (κ3) is 4.39. The Morgan fingerprint density at radius 2 is 1.57 bits per heavy atom. The largest absolute Gasteiger partial charge is 0.337 e. The fourth-order valence-corrected chi connectivity index (χ4v) is 4.25. The molecule has 3 aromatic carbocycles. The molecule has 0 aliphatic carbocycles. The SMILES string of the molecule is CN(Cc1nc2ccccc2s1)C(=O)C(NC(=O)c1ccccc1)c1ccccc1. The monoisotopic (exact) mass is 415 g/mol. The number of likely N-dealkylation sites (N-methyl/N-ethyl adjacent to an activating group) is 1. The van der Waals surface area contributed by atoms with Crippen molar-refractivity contribution in [3.05, 3.63) is 101 Å². The van der Waals surface area contributed by atoms with Crippen molar-refractivity contribution in [3.8, 4) is 0 Å². The minimum absolute atomic E-state index is 0.190.